The molecule has 0 radical (unpaired) electrons. The van der Waals surface area contributed by atoms with Crippen molar-refractivity contribution in [3.05, 3.63) is 71.5 Å². The second kappa shape index (κ2) is 10.5. The van der Waals surface area contributed by atoms with E-state index in [-0.39, 0.29) is 17.9 Å². The SMILES string of the molecule is COCCN(CC1CN(C(=O)c2cnc3ccccc3n2)CCO1)C(=O)c1ccc(C)cc1. The third-order valence-corrected chi connectivity index (χ3v) is 5.67. The van der Waals surface area contributed by atoms with Crippen molar-refractivity contribution in [2.24, 2.45) is 0 Å². The summed E-state index contributed by atoms with van der Waals surface area (Å²) in [5, 5.41) is 0. The molecule has 172 valence electrons. The Bertz CT molecular complexity index is 1120. The minimum absolute atomic E-state index is 0.0838. The van der Waals surface area contributed by atoms with Crippen molar-refractivity contribution < 1.29 is 19.1 Å². The molecule has 1 fully saturated rings. The van der Waals surface area contributed by atoms with E-state index in [2.05, 4.69) is 9.97 Å². The Balaban J connectivity index is 1.45. The zero-order chi connectivity index (χ0) is 23.2. The fraction of sp³-hybridized carbons (Fsp3) is 0.360. The highest BCUT2D eigenvalue weighted by Gasteiger charge is 2.29. The van der Waals surface area contributed by atoms with Crippen LogP contribution in [0.2, 0.25) is 0 Å². The van der Waals surface area contributed by atoms with Gasteiger partial charge in [0.1, 0.15) is 5.69 Å². The monoisotopic (exact) mass is 448 g/mol. The van der Waals surface area contributed by atoms with Crippen LogP contribution in [-0.2, 0) is 9.47 Å². The molecule has 0 saturated carbocycles. The van der Waals surface area contributed by atoms with E-state index in [9.17, 15) is 9.59 Å². The van der Waals surface area contributed by atoms with Gasteiger partial charge in [-0.15, -0.1) is 0 Å². The summed E-state index contributed by atoms with van der Waals surface area (Å²) >= 11 is 0. The van der Waals surface area contributed by atoms with Crippen LogP contribution in [0.4, 0.5) is 0 Å². The number of nitrogens with zero attached hydrogens (tertiary/aromatic N) is 4. The minimum atomic E-state index is -0.303. The number of hydrogen-bond acceptors (Lipinski definition) is 6. The van der Waals surface area contributed by atoms with Crippen LogP contribution in [0, 0.1) is 6.92 Å². The predicted molar refractivity (Wildman–Crippen MR) is 124 cm³/mol. The predicted octanol–water partition coefficient (Wildman–Crippen LogP) is 2.57. The van der Waals surface area contributed by atoms with Crippen molar-refractivity contribution in [2.75, 3.05) is 46.5 Å². The quantitative estimate of drug-likeness (QED) is 0.552. The van der Waals surface area contributed by atoms with Crippen LogP contribution in [0.15, 0.2) is 54.7 Å². The summed E-state index contributed by atoms with van der Waals surface area (Å²) in [4.78, 5) is 38.5. The first kappa shape index (κ1) is 22.8. The first-order chi connectivity index (χ1) is 16.0. The first-order valence-electron chi connectivity index (χ1n) is 11.0. The van der Waals surface area contributed by atoms with Gasteiger partial charge >= 0.3 is 0 Å². The van der Waals surface area contributed by atoms with Gasteiger partial charge in [0.05, 0.1) is 36.5 Å². The molecule has 0 N–H and O–H groups in total. The number of hydrogen-bond donors (Lipinski definition) is 0. The maximum absolute atomic E-state index is 13.1. The third kappa shape index (κ3) is 5.53. The summed E-state index contributed by atoms with van der Waals surface area (Å²) < 4.78 is 11.1. The molecule has 2 heterocycles. The second-order valence-electron chi connectivity index (χ2n) is 8.10. The number of benzene rings is 2. The van der Waals surface area contributed by atoms with E-state index in [1.54, 1.807) is 16.9 Å². The first-order valence-corrected chi connectivity index (χ1v) is 11.0. The molecule has 8 heteroatoms. The van der Waals surface area contributed by atoms with Gasteiger partial charge in [0.2, 0.25) is 0 Å². The highest BCUT2D eigenvalue weighted by molar-refractivity contribution is 5.95. The topological polar surface area (TPSA) is 84.9 Å². The number of ether oxygens (including phenoxy) is 2. The third-order valence-electron chi connectivity index (χ3n) is 5.67. The summed E-state index contributed by atoms with van der Waals surface area (Å²) in [5.41, 5.74) is 3.45. The molecule has 0 bridgehead atoms. The van der Waals surface area contributed by atoms with E-state index in [1.807, 2.05) is 55.5 Å². The molecule has 3 aromatic rings. The molecule has 33 heavy (non-hydrogen) atoms. The summed E-state index contributed by atoms with van der Waals surface area (Å²) in [6.07, 6.45) is 1.21. The van der Waals surface area contributed by atoms with Crippen molar-refractivity contribution in [1.82, 2.24) is 19.8 Å². The lowest BCUT2D eigenvalue weighted by Crippen LogP contribution is -2.51. The average Bonchev–Trinajstić information content (AvgIpc) is 2.86. The van der Waals surface area contributed by atoms with Crippen molar-refractivity contribution >= 4 is 22.8 Å². The molecular formula is C25H28N4O4. The number of carbonyl (C=O) groups is 2. The van der Waals surface area contributed by atoms with Crippen molar-refractivity contribution in [3.8, 4) is 0 Å². The molecule has 2 amide bonds. The smallest absolute Gasteiger partial charge is 0.274 e. The number of fused-ring (bicyclic) bond motifs is 1. The van der Waals surface area contributed by atoms with Crippen LogP contribution in [0.25, 0.3) is 11.0 Å². The fourth-order valence-corrected chi connectivity index (χ4v) is 3.84. The lowest BCUT2D eigenvalue weighted by atomic mass is 10.1. The lowest BCUT2D eigenvalue weighted by molar-refractivity contribution is -0.0348. The van der Waals surface area contributed by atoms with Gasteiger partial charge in [-0.2, -0.15) is 0 Å². The number of morpholine rings is 1. The zero-order valence-corrected chi connectivity index (χ0v) is 18.9. The van der Waals surface area contributed by atoms with Gasteiger partial charge < -0.3 is 19.3 Å². The van der Waals surface area contributed by atoms with E-state index < -0.39 is 0 Å². The van der Waals surface area contributed by atoms with Crippen molar-refractivity contribution in [2.45, 2.75) is 13.0 Å². The van der Waals surface area contributed by atoms with Crippen LogP contribution >= 0.6 is 0 Å². The Labute approximate surface area is 193 Å². The highest BCUT2D eigenvalue weighted by atomic mass is 16.5. The summed E-state index contributed by atoms with van der Waals surface area (Å²) in [6, 6.07) is 15.0. The average molecular weight is 449 g/mol. The molecule has 1 saturated heterocycles. The molecule has 1 aliphatic heterocycles. The Morgan fingerprint density at radius 2 is 1.91 bits per heavy atom. The number of amides is 2. The molecule has 0 spiro atoms. The number of rotatable bonds is 7. The molecule has 1 atom stereocenters. The fourth-order valence-electron chi connectivity index (χ4n) is 3.84. The Kier molecular flexibility index (Phi) is 7.26. The number of methoxy groups -OCH3 is 1. The van der Waals surface area contributed by atoms with Gasteiger partial charge in [-0.25, -0.2) is 4.98 Å². The summed E-state index contributed by atoms with van der Waals surface area (Å²) in [7, 11) is 1.61. The molecule has 2 aromatic carbocycles. The molecule has 1 unspecified atom stereocenters. The van der Waals surface area contributed by atoms with Crippen LogP contribution < -0.4 is 0 Å². The Morgan fingerprint density at radius 1 is 1.15 bits per heavy atom. The van der Waals surface area contributed by atoms with E-state index in [0.29, 0.717) is 56.2 Å². The van der Waals surface area contributed by atoms with Gasteiger partial charge in [0.25, 0.3) is 11.8 Å². The Hall–Kier alpha value is -3.36. The van der Waals surface area contributed by atoms with Gasteiger partial charge in [-0.1, -0.05) is 29.8 Å². The minimum Gasteiger partial charge on any atom is -0.383 e. The van der Waals surface area contributed by atoms with Crippen LogP contribution in [0.5, 0.6) is 0 Å². The van der Waals surface area contributed by atoms with Crippen molar-refractivity contribution in [1.29, 1.82) is 0 Å². The van der Waals surface area contributed by atoms with E-state index in [0.717, 1.165) is 11.1 Å². The highest BCUT2D eigenvalue weighted by Crippen LogP contribution is 2.15. The molecule has 4 rings (SSSR count). The van der Waals surface area contributed by atoms with Crippen molar-refractivity contribution in [3.63, 3.8) is 0 Å². The molecular weight excluding hydrogens is 420 g/mol. The van der Waals surface area contributed by atoms with Crippen LogP contribution in [-0.4, -0.2) is 84.2 Å². The largest absolute Gasteiger partial charge is 0.383 e. The Morgan fingerprint density at radius 3 is 2.67 bits per heavy atom. The number of aryl methyl sites for hydroxylation is 1. The maximum atomic E-state index is 13.1. The standard InChI is InChI=1S/C25H28N4O4/c1-18-7-9-19(10-8-18)24(30)28(11-13-32-2)16-20-17-29(12-14-33-20)25(31)23-15-26-21-5-3-4-6-22(21)27-23/h3-10,15,20H,11-14,16-17H2,1-2H3. The summed E-state index contributed by atoms with van der Waals surface area (Å²) in [5.74, 6) is -0.269. The van der Waals surface area contributed by atoms with Crippen LogP contribution in [0.1, 0.15) is 26.4 Å². The zero-order valence-electron chi connectivity index (χ0n) is 18.9. The number of carbonyl (C=O) groups excluding carboxylic acids is 2. The molecule has 8 nitrogen and oxygen atoms in total. The molecule has 1 aliphatic rings. The number of para-hydroxylation sites is 2. The molecule has 0 aliphatic carbocycles. The van der Waals surface area contributed by atoms with Gasteiger partial charge in [0.15, 0.2) is 0 Å². The maximum Gasteiger partial charge on any atom is 0.274 e. The van der Waals surface area contributed by atoms with Gasteiger partial charge in [-0.05, 0) is 31.2 Å². The van der Waals surface area contributed by atoms with Gasteiger partial charge in [0, 0.05) is 38.9 Å². The van der Waals surface area contributed by atoms with E-state index in [4.69, 9.17) is 9.47 Å². The van der Waals surface area contributed by atoms with E-state index in [1.165, 1.54) is 6.20 Å². The van der Waals surface area contributed by atoms with E-state index >= 15 is 0 Å². The lowest BCUT2D eigenvalue weighted by Gasteiger charge is -2.35. The summed E-state index contributed by atoms with van der Waals surface area (Å²) in [6.45, 7) is 4.44. The number of aromatic nitrogens is 2. The molecule has 1 aromatic heterocycles. The van der Waals surface area contributed by atoms with Crippen LogP contribution in [0.3, 0.4) is 0 Å². The normalized spacial score (nSPS) is 16.1. The van der Waals surface area contributed by atoms with Gasteiger partial charge in [-0.3, -0.25) is 14.6 Å². The second-order valence-corrected chi connectivity index (χ2v) is 8.10.